The maximum atomic E-state index is 12.2. The Kier molecular flexibility index (Phi) is 6.18. The standard InChI is InChI=1S/C19H24N6OS/c1-14-4-6-16(7-5-14)18-22-23-19(27)25(18)12-8-17(26)21-9-3-11-24-13-10-20-15(24)2/h4-7,10,13H,3,8-9,11-12H2,1-2H3,(H,21,26)(H,23,27). The zero-order valence-electron chi connectivity index (χ0n) is 15.6. The fraction of sp³-hybridized carbons (Fsp3) is 0.368. The number of benzene rings is 1. The summed E-state index contributed by atoms with van der Waals surface area (Å²) in [6.07, 6.45) is 4.96. The smallest absolute Gasteiger partial charge is 0.221 e. The van der Waals surface area contributed by atoms with Crippen molar-refractivity contribution in [3.05, 3.63) is 52.8 Å². The van der Waals surface area contributed by atoms with Crippen LogP contribution in [0.1, 0.15) is 24.2 Å². The number of nitrogens with zero attached hydrogens (tertiary/aromatic N) is 4. The highest BCUT2D eigenvalue weighted by Gasteiger charge is 2.10. The first kappa shape index (κ1) is 19.0. The molecule has 142 valence electrons. The third-order valence-electron chi connectivity index (χ3n) is 4.45. The quantitative estimate of drug-likeness (QED) is 0.462. The summed E-state index contributed by atoms with van der Waals surface area (Å²) in [5.74, 6) is 1.75. The van der Waals surface area contributed by atoms with Gasteiger partial charge in [0.2, 0.25) is 5.91 Å². The number of carbonyl (C=O) groups excluding carboxylic acids is 1. The van der Waals surface area contributed by atoms with Gasteiger partial charge < -0.3 is 9.88 Å². The predicted octanol–water partition coefficient (Wildman–Crippen LogP) is 3.02. The Balaban J connectivity index is 1.50. The molecule has 0 bridgehead atoms. The van der Waals surface area contributed by atoms with Crippen LogP contribution in [0.2, 0.25) is 0 Å². The van der Waals surface area contributed by atoms with E-state index in [4.69, 9.17) is 12.2 Å². The molecular weight excluding hydrogens is 360 g/mol. The number of aromatic amines is 1. The van der Waals surface area contributed by atoms with Crippen molar-refractivity contribution in [2.75, 3.05) is 6.54 Å². The van der Waals surface area contributed by atoms with Crippen LogP contribution in [0.3, 0.4) is 0 Å². The fourth-order valence-electron chi connectivity index (χ4n) is 2.87. The van der Waals surface area contributed by atoms with Gasteiger partial charge in [0.1, 0.15) is 5.82 Å². The second kappa shape index (κ2) is 8.77. The van der Waals surface area contributed by atoms with Crippen LogP contribution in [-0.2, 0) is 17.9 Å². The van der Waals surface area contributed by atoms with Crippen LogP contribution in [-0.4, -0.2) is 36.8 Å². The van der Waals surface area contributed by atoms with Crippen LogP contribution in [0.5, 0.6) is 0 Å². The number of aryl methyl sites for hydroxylation is 3. The molecule has 2 heterocycles. The molecule has 0 fully saturated rings. The van der Waals surface area contributed by atoms with E-state index in [1.807, 2.05) is 48.9 Å². The van der Waals surface area contributed by atoms with Gasteiger partial charge in [0.15, 0.2) is 10.6 Å². The van der Waals surface area contributed by atoms with E-state index in [1.165, 1.54) is 5.56 Å². The summed E-state index contributed by atoms with van der Waals surface area (Å²) >= 11 is 5.32. The zero-order chi connectivity index (χ0) is 19.2. The number of carbonyl (C=O) groups is 1. The minimum Gasteiger partial charge on any atom is -0.356 e. The summed E-state index contributed by atoms with van der Waals surface area (Å²) in [6.45, 7) is 5.98. The minimum absolute atomic E-state index is 0.00955. The lowest BCUT2D eigenvalue weighted by atomic mass is 10.1. The zero-order valence-corrected chi connectivity index (χ0v) is 16.4. The van der Waals surface area contributed by atoms with E-state index in [0.717, 1.165) is 30.2 Å². The lowest BCUT2D eigenvalue weighted by Gasteiger charge is -2.09. The van der Waals surface area contributed by atoms with Crippen LogP contribution in [0.4, 0.5) is 0 Å². The summed E-state index contributed by atoms with van der Waals surface area (Å²) in [5, 5.41) is 10.1. The van der Waals surface area contributed by atoms with E-state index < -0.39 is 0 Å². The highest BCUT2D eigenvalue weighted by Crippen LogP contribution is 2.18. The third-order valence-corrected chi connectivity index (χ3v) is 4.76. The van der Waals surface area contributed by atoms with E-state index in [0.29, 0.717) is 24.3 Å². The molecule has 0 unspecified atom stereocenters. The first-order chi connectivity index (χ1) is 13.0. The van der Waals surface area contributed by atoms with Crippen molar-refractivity contribution < 1.29 is 4.79 Å². The Bertz CT molecular complexity index is 953. The highest BCUT2D eigenvalue weighted by atomic mass is 32.1. The Labute approximate surface area is 163 Å². The Morgan fingerprint density at radius 1 is 1.22 bits per heavy atom. The lowest BCUT2D eigenvalue weighted by molar-refractivity contribution is -0.121. The van der Waals surface area contributed by atoms with Gasteiger partial charge in [0.05, 0.1) is 0 Å². The molecule has 2 N–H and O–H groups in total. The van der Waals surface area contributed by atoms with Gasteiger partial charge >= 0.3 is 0 Å². The van der Waals surface area contributed by atoms with Crippen molar-refractivity contribution in [2.24, 2.45) is 0 Å². The van der Waals surface area contributed by atoms with Gasteiger partial charge in [-0.2, -0.15) is 5.10 Å². The molecule has 0 saturated heterocycles. The first-order valence-electron chi connectivity index (χ1n) is 9.01. The molecule has 8 heteroatoms. The molecule has 0 atom stereocenters. The molecule has 0 aliphatic heterocycles. The number of imidazole rings is 1. The summed E-state index contributed by atoms with van der Waals surface area (Å²) < 4.78 is 4.47. The highest BCUT2D eigenvalue weighted by molar-refractivity contribution is 7.71. The molecule has 1 amide bonds. The summed E-state index contributed by atoms with van der Waals surface area (Å²) in [6, 6.07) is 8.09. The van der Waals surface area contributed by atoms with E-state index in [1.54, 1.807) is 6.20 Å². The fourth-order valence-corrected chi connectivity index (χ4v) is 3.09. The van der Waals surface area contributed by atoms with Crippen LogP contribution < -0.4 is 5.32 Å². The molecule has 0 spiro atoms. The number of H-pyrrole nitrogens is 1. The molecule has 1 aromatic carbocycles. The molecule has 2 aromatic heterocycles. The molecule has 3 rings (SSSR count). The van der Waals surface area contributed by atoms with Crippen molar-refractivity contribution in [2.45, 2.75) is 39.8 Å². The average molecular weight is 385 g/mol. The van der Waals surface area contributed by atoms with E-state index in [-0.39, 0.29) is 5.91 Å². The second-order valence-corrected chi connectivity index (χ2v) is 6.88. The first-order valence-corrected chi connectivity index (χ1v) is 9.42. The molecule has 0 aliphatic carbocycles. The van der Waals surface area contributed by atoms with Crippen molar-refractivity contribution in [1.29, 1.82) is 0 Å². The van der Waals surface area contributed by atoms with Crippen LogP contribution >= 0.6 is 12.2 Å². The Morgan fingerprint density at radius 2 is 2.00 bits per heavy atom. The monoisotopic (exact) mass is 384 g/mol. The number of aromatic nitrogens is 5. The number of amides is 1. The summed E-state index contributed by atoms with van der Waals surface area (Å²) in [4.78, 5) is 16.4. The van der Waals surface area contributed by atoms with Gasteiger partial charge in [-0.25, -0.2) is 4.98 Å². The third kappa shape index (κ3) is 4.91. The van der Waals surface area contributed by atoms with Gasteiger partial charge in [-0.05, 0) is 32.5 Å². The SMILES string of the molecule is Cc1ccc(-c2n[nH]c(=S)n2CCC(=O)NCCCn2ccnc2C)cc1. The van der Waals surface area contributed by atoms with Crippen molar-refractivity contribution >= 4 is 18.1 Å². The number of hydrogen-bond donors (Lipinski definition) is 2. The molecule has 0 saturated carbocycles. The number of nitrogens with one attached hydrogen (secondary N) is 2. The van der Waals surface area contributed by atoms with Crippen molar-refractivity contribution in [1.82, 2.24) is 29.6 Å². The average Bonchev–Trinajstić information content (AvgIpc) is 3.23. The topological polar surface area (TPSA) is 80.5 Å². The largest absolute Gasteiger partial charge is 0.356 e. The minimum atomic E-state index is 0.00955. The molecule has 0 radical (unpaired) electrons. The molecule has 3 aromatic rings. The normalized spacial score (nSPS) is 10.9. The summed E-state index contributed by atoms with van der Waals surface area (Å²) in [7, 11) is 0. The maximum absolute atomic E-state index is 12.2. The molecular formula is C19H24N6OS. The Morgan fingerprint density at radius 3 is 2.70 bits per heavy atom. The second-order valence-electron chi connectivity index (χ2n) is 6.49. The predicted molar refractivity (Wildman–Crippen MR) is 107 cm³/mol. The molecule has 27 heavy (non-hydrogen) atoms. The Hall–Kier alpha value is -2.74. The van der Waals surface area contributed by atoms with Crippen LogP contribution in [0, 0.1) is 18.6 Å². The van der Waals surface area contributed by atoms with Crippen molar-refractivity contribution in [3.63, 3.8) is 0 Å². The van der Waals surface area contributed by atoms with Crippen LogP contribution in [0.15, 0.2) is 36.7 Å². The van der Waals surface area contributed by atoms with Crippen LogP contribution in [0.25, 0.3) is 11.4 Å². The van der Waals surface area contributed by atoms with Gasteiger partial charge in [-0.3, -0.25) is 14.5 Å². The summed E-state index contributed by atoms with van der Waals surface area (Å²) in [5.41, 5.74) is 2.16. The molecule has 7 nitrogen and oxygen atoms in total. The van der Waals surface area contributed by atoms with Gasteiger partial charge in [0, 0.05) is 44.0 Å². The molecule has 0 aliphatic rings. The number of hydrogen-bond acceptors (Lipinski definition) is 4. The number of rotatable bonds is 8. The van der Waals surface area contributed by atoms with E-state index in [9.17, 15) is 4.79 Å². The lowest BCUT2D eigenvalue weighted by Crippen LogP contribution is -2.26. The van der Waals surface area contributed by atoms with Gasteiger partial charge in [0.25, 0.3) is 0 Å². The van der Waals surface area contributed by atoms with E-state index >= 15 is 0 Å². The van der Waals surface area contributed by atoms with Crippen molar-refractivity contribution in [3.8, 4) is 11.4 Å². The van der Waals surface area contributed by atoms with Gasteiger partial charge in [-0.1, -0.05) is 29.8 Å². The van der Waals surface area contributed by atoms with Gasteiger partial charge in [-0.15, -0.1) is 0 Å². The maximum Gasteiger partial charge on any atom is 0.221 e. The van der Waals surface area contributed by atoms with E-state index in [2.05, 4.69) is 25.1 Å².